The fraction of sp³-hybridized carbons (Fsp3) is 0.800. The van der Waals surface area contributed by atoms with Crippen LogP contribution in [-0.2, 0) is 4.74 Å². The SMILES string of the molecule is FC(F)COCCNC1C=CCCC1. The highest BCUT2D eigenvalue weighted by Gasteiger charge is 2.06. The summed E-state index contributed by atoms with van der Waals surface area (Å²) in [5, 5.41) is 3.24. The van der Waals surface area contributed by atoms with Crippen LogP contribution >= 0.6 is 0 Å². The molecule has 1 N–H and O–H groups in total. The molecule has 82 valence electrons. The molecule has 0 heterocycles. The van der Waals surface area contributed by atoms with Gasteiger partial charge in [0.2, 0.25) is 0 Å². The lowest BCUT2D eigenvalue weighted by atomic mass is 10.0. The first-order valence-electron chi connectivity index (χ1n) is 5.05. The van der Waals surface area contributed by atoms with E-state index in [1.807, 2.05) is 0 Å². The van der Waals surface area contributed by atoms with Crippen LogP contribution in [0.2, 0.25) is 0 Å². The zero-order valence-electron chi connectivity index (χ0n) is 8.22. The Morgan fingerprint density at radius 1 is 1.50 bits per heavy atom. The van der Waals surface area contributed by atoms with Gasteiger partial charge in [-0.3, -0.25) is 0 Å². The molecule has 1 aliphatic carbocycles. The molecule has 1 aliphatic rings. The van der Waals surface area contributed by atoms with Gasteiger partial charge in [0.05, 0.1) is 6.61 Å². The highest BCUT2D eigenvalue weighted by atomic mass is 19.3. The van der Waals surface area contributed by atoms with Crippen LogP contribution in [0.25, 0.3) is 0 Å². The molecule has 0 fully saturated rings. The first kappa shape index (κ1) is 11.6. The van der Waals surface area contributed by atoms with Gasteiger partial charge in [0.15, 0.2) is 0 Å². The molecule has 2 nitrogen and oxygen atoms in total. The predicted molar refractivity (Wildman–Crippen MR) is 51.6 cm³/mol. The Hall–Kier alpha value is -0.480. The second kappa shape index (κ2) is 6.90. The normalized spacial score (nSPS) is 21.8. The minimum Gasteiger partial charge on any atom is -0.374 e. The summed E-state index contributed by atoms with van der Waals surface area (Å²) >= 11 is 0. The summed E-state index contributed by atoms with van der Waals surface area (Å²) < 4.78 is 28.1. The monoisotopic (exact) mass is 205 g/mol. The van der Waals surface area contributed by atoms with Gasteiger partial charge in [-0.1, -0.05) is 12.2 Å². The van der Waals surface area contributed by atoms with Crippen LogP contribution in [0.5, 0.6) is 0 Å². The molecular weight excluding hydrogens is 188 g/mol. The first-order valence-corrected chi connectivity index (χ1v) is 5.05. The fourth-order valence-corrected chi connectivity index (χ4v) is 1.47. The molecule has 0 aromatic carbocycles. The molecule has 1 atom stereocenters. The Morgan fingerprint density at radius 3 is 3.00 bits per heavy atom. The number of hydrogen-bond donors (Lipinski definition) is 1. The third-order valence-corrected chi connectivity index (χ3v) is 2.15. The standard InChI is InChI=1S/C10H17F2NO/c11-10(12)8-14-7-6-13-9-4-2-1-3-5-9/h2,4,9-10,13H,1,3,5-8H2. The van der Waals surface area contributed by atoms with Crippen molar-refractivity contribution in [2.45, 2.75) is 31.7 Å². The minimum atomic E-state index is -2.36. The smallest absolute Gasteiger partial charge is 0.261 e. The van der Waals surface area contributed by atoms with Gasteiger partial charge in [-0.25, -0.2) is 8.78 Å². The van der Waals surface area contributed by atoms with Crippen LogP contribution in [0.1, 0.15) is 19.3 Å². The van der Waals surface area contributed by atoms with Gasteiger partial charge in [0.25, 0.3) is 6.43 Å². The number of ether oxygens (including phenoxy) is 1. The fourth-order valence-electron chi connectivity index (χ4n) is 1.47. The second-order valence-corrected chi connectivity index (χ2v) is 3.39. The van der Waals surface area contributed by atoms with E-state index < -0.39 is 13.0 Å². The summed E-state index contributed by atoms with van der Waals surface area (Å²) in [4.78, 5) is 0. The summed E-state index contributed by atoms with van der Waals surface area (Å²) in [5.74, 6) is 0. The van der Waals surface area contributed by atoms with E-state index in [1.165, 1.54) is 6.42 Å². The number of halogens is 2. The largest absolute Gasteiger partial charge is 0.374 e. The maximum atomic E-state index is 11.7. The van der Waals surface area contributed by atoms with Crippen LogP contribution in [0.3, 0.4) is 0 Å². The number of nitrogens with one attached hydrogen (secondary N) is 1. The van der Waals surface area contributed by atoms with Gasteiger partial charge in [-0.15, -0.1) is 0 Å². The summed E-state index contributed by atoms with van der Waals surface area (Å²) in [5.41, 5.74) is 0. The Bertz CT molecular complexity index is 174. The third-order valence-electron chi connectivity index (χ3n) is 2.15. The topological polar surface area (TPSA) is 21.3 Å². The van der Waals surface area contributed by atoms with Crippen molar-refractivity contribution in [1.29, 1.82) is 0 Å². The van der Waals surface area contributed by atoms with Crippen molar-refractivity contribution in [2.24, 2.45) is 0 Å². The third kappa shape index (κ3) is 5.29. The molecule has 4 heteroatoms. The Kier molecular flexibility index (Phi) is 5.71. The number of allylic oxidation sites excluding steroid dienone is 1. The first-order chi connectivity index (χ1) is 6.79. The molecule has 0 aliphatic heterocycles. The van der Waals surface area contributed by atoms with Crippen molar-refractivity contribution in [3.63, 3.8) is 0 Å². The van der Waals surface area contributed by atoms with E-state index in [-0.39, 0.29) is 0 Å². The quantitative estimate of drug-likeness (QED) is 0.528. The zero-order chi connectivity index (χ0) is 10.2. The molecule has 1 unspecified atom stereocenters. The number of alkyl halides is 2. The summed E-state index contributed by atoms with van der Waals surface area (Å²) in [6.45, 7) is 0.540. The molecule has 0 spiro atoms. The summed E-state index contributed by atoms with van der Waals surface area (Å²) in [6, 6.07) is 0.402. The molecule has 0 aromatic heterocycles. The van der Waals surface area contributed by atoms with E-state index >= 15 is 0 Å². The maximum Gasteiger partial charge on any atom is 0.261 e. The van der Waals surface area contributed by atoms with E-state index in [2.05, 4.69) is 17.5 Å². The van der Waals surface area contributed by atoms with Gasteiger partial charge in [-0.2, -0.15) is 0 Å². The van der Waals surface area contributed by atoms with Crippen molar-refractivity contribution in [1.82, 2.24) is 5.32 Å². The molecule has 0 radical (unpaired) electrons. The van der Waals surface area contributed by atoms with Gasteiger partial charge < -0.3 is 10.1 Å². The van der Waals surface area contributed by atoms with E-state index in [0.29, 0.717) is 19.2 Å². The van der Waals surface area contributed by atoms with Crippen LogP contribution in [0.15, 0.2) is 12.2 Å². The van der Waals surface area contributed by atoms with E-state index in [1.54, 1.807) is 0 Å². The number of rotatable bonds is 6. The Labute approximate surface area is 83.3 Å². The number of hydrogen-bond acceptors (Lipinski definition) is 2. The van der Waals surface area contributed by atoms with Gasteiger partial charge in [0.1, 0.15) is 6.61 Å². The van der Waals surface area contributed by atoms with Crippen molar-refractivity contribution in [2.75, 3.05) is 19.8 Å². The second-order valence-electron chi connectivity index (χ2n) is 3.39. The molecule has 0 bridgehead atoms. The summed E-state index contributed by atoms with van der Waals surface area (Å²) in [7, 11) is 0. The maximum absolute atomic E-state index is 11.7. The average Bonchev–Trinajstić information content (AvgIpc) is 2.18. The van der Waals surface area contributed by atoms with Crippen LogP contribution in [0, 0.1) is 0 Å². The predicted octanol–water partition coefficient (Wildman–Crippen LogP) is 1.97. The Balaban J connectivity index is 1.93. The van der Waals surface area contributed by atoms with Crippen molar-refractivity contribution < 1.29 is 13.5 Å². The molecule has 0 saturated carbocycles. The van der Waals surface area contributed by atoms with Crippen LogP contribution in [-0.4, -0.2) is 32.2 Å². The van der Waals surface area contributed by atoms with Gasteiger partial charge in [0, 0.05) is 12.6 Å². The summed E-state index contributed by atoms with van der Waals surface area (Å²) in [6.07, 6.45) is 5.42. The molecule has 14 heavy (non-hydrogen) atoms. The molecule has 0 amide bonds. The Morgan fingerprint density at radius 2 is 2.36 bits per heavy atom. The lowest BCUT2D eigenvalue weighted by molar-refractivity contribution is 0.0184. The van der Waals surface area contributed by atoms with Gasteiger partial charge in [-0.05, 0) is 19.3 Å². The zero-order valence-corrected chi connectivity index (χ0v) is 8.22. The molecule has 1 rings (SSSR count). The van der Waals surface area contributed by atoms with Crippen LogP contribution < -0.4 is 5.32 Å². The lowest BCUT2D eigenvalue weighted by Crippen LogP contribution is -2.31. The average molecular weight is 205 g/mol. The van der Waals surface area contributed by atoms with E-state index in [0.717, 1.165) is 12.8 Å². The van der Waals surface area contributed by atoms with Crippen molar-refractivity contribution in [3.05, 3.63) is 12.2 Å². The van der Waals surface area contributed by atoms with E-state index in [4.69, 9.17) is 4.74 Å². The highest BCUT2D eigenvalue weighted by Crippen LogP contribution is 2.09. The van der Waals surface area contributed by atoms with Crippen molar-refractivity contribution >= 4 is 0 Å². The van der Waals surface area contributed by atoms with E-state index in [9.17, 15) is 8.78 Å². The molecular formula is C10H17F2NO. The van der Waals surface area contributed by atoms with Gasteiger partial charge >= 0.3 is 0 Å². The van der Waals surface area contributed by atoms with Crippen LogP contribution in [0.4, 0.5) is 8.78 Å². The lowest BCUT2D eigenvalue weighted by Gasteiger charge is -2.17. The molecule has 0 aromatic rings. The minimum absolute atomic E-state index is 0.356. The highest BCUT2D eigenvalue weighted by molar-refractivity contribution is 4.97. The molecule has 0 saturated heterocycles. The van der Waals surface area contributed by atoms with Crippen molar-refractivity contribution in [3.8, 4) is 0 Å².